The van der Waals surface area contributed by atoms with Gasteiger partial charge in [-0.25, -0.2) is 0 Å². The summed E-state index contributed by atoms with van der Waals surface area (Å²) in [6.07, 6.45) is 1.51. The van der Waals surface area contributed by atoms with Crippen molar-refractivity contribution in [1.82, 2.24) is 5.32 Å². The zero-order valence-corrected chi connectivity index (χ0v) is 32.6. The molecule has 1 amide bonds. The number of rotatable bonds is 39. The van der Waals surface area contributed by atoms with Gasteiger partial charge in [-0.05, 0) is 36.9 Å². The maximum Gasteiger partial charge on any atom is 0.264 e. The molecule has 2 N–H and O–H groups in total. The van der Waals surface area contributed by atoms with Crippen LogP contribution < -0.4 is 19.5 Å². The fourth-order valence-electron chi connectivity index (χ4n) is 4.03. The molecule has 0 atom stereocenters. The number of amides is 1. The van der Waals surface area contributed by atoms with E-state index < -0.39 is 15.9 Å². The van der Waals surface area contributed by atoms with Crippen LogP contribution in [0.4, 0.5) is 0 Å². The highest BCUT2D eigenvalue weighted by Gasteiger charge is 2.19. The minimum Gasteiger partial charge on any atom is -0.490 e. The third-order valence-electron chi connectivity index (χ3n) is 6.53. The van der Waals surface area contributed by atoms with Crippen molar-refractivity contribution in [2.45, 2.75) is 33.1 Å². The molecule has 1 rings (SSSR count). The quantitative estimate of drug-likeness (QED) is 0.0320. The van der Waals surface area contributed by atoms with Crippen molar-refractivity contribution in [2.75, 3.05) is 144 Å². The highest BCUT2D eigenvalue weighted by Crippen LogP contribution is 2.39. The van der Waals surface area contributed by atoms with E-state index in [4.69, 9.17) is 62.2 Å². The van der Waals surface area contributed by atoms with Gasteiger partial charge in [-0.2, -0.15) is 8.42 Å². The van der Waals surface area contributed by atoms with E-state index in [1.807, 2.05) is 13.8 Å². The molecule has 1 aromatic carbocycles. The largest absolute Gasteiger partial charge is 0.490 e. The molecule has 20 heteroatoms. The van der Waals surface area contributed by atoms with Crippen LogP contribution in [-0.4, -0.2) is 163 Å². The third kappa shape index (κ3) is 28.4. The molecular formula is C34H60N4O15S. The third-order valence-corrected chi connectivity index (χ3v) is 7.34. The van der Waals surface area contributed by atoms with Gasteiger partial charge in [0.2, 0.25) is 5.75 Å². The fourth-order valence-corrected chi connectivity index (χ4v) is 4.52. The van der Waals surface area contributed by atoms with Crippen molar-refractivity contribution >= 4 is 16.0 Å². The summed E-state index contributed by atoms with van der Waals surface area (Å²) in [5.41, 5.74) is 8.43. The molecular weight excluding hydrogens is 736 g/mol. The first kappa shape index (κ1) is 49.0. The molecule has 54 heavy (non-hydrogen) atoms. The minimum absolute atomic E-state index is 0.0209. The molecule has 0 spiro atoms. The second-order valence-electron chi connectivity index (χ2n) is 11.1. The van der Waals surface area contributed by atoms with Crippen LogP contribution in [0.3, 0.4) is 0 Å². The Morgan fingerprint density at radius 1 is 0.648 bits per heavy atom. The van der Waals surface area contributed by atoms with Crippen molar-refractivity contribution in [3.8, 4) is 17.2 Å². The summed E-state index contributed by atoms with van der Waals surface area (Å²) >= 11 is 0. The van der Waals surface area contributed by atoms with Gasteiger partial charge in [0, 0.05) is 23.6 Å². The summed E-state index contributed by atoms with van der Waals surface area (Å²) in [4.78, 5) is 15.6. The Labute approximate surface area is 318 Å². The zero-order valence-electron chi connectivity index (χ0n) is 31.7. The Morgan fingerprint density at radius 2 is 1.06 bits per heavy atom. The van der Waals surface area contributed by atoms with Crippen LogP contribution in [-0.2, 0) is 48.0 Å². The summed E-state index contributed by atoms with van der Waals surface area (Å²) in [5, 5.41) is 6.17. The second kappa shape index (κ2) is 34.5. The van der Waals surface area contributed by atoms with Gasteiger partial charge in [0.1, 0.15) is 0 Å². The standard InChI is InChI=1S/C34H60N4O15S/c1-3-8-51-31-28-30(29-32(33(31)53-9-4-2)52-10-5-27-54(40,41)42)34(39)36-6-11-43-13-15-45-17-19-47-21-23-49-25-26-50-24-22-48-20-18-46-16-14-44-12-7-37-38-35/h28-29H,3-27H2,1-2H3,(H,36,39)(H,40,41,42). The van der Waals surface area contributed by atoms with E-state index in [-0.39, 0.29) is 43.4 Å². The number of nitrogens with one attached hydrogen (secondary N) is 1. The van der Waals surface area contributed by atoms with Gasteiger partial charge >= 0.3 is 0 Å². The summed E-state index contributed by atoms with van der Waals surface area (Å²) in [5.74, 6) is 0.0839. The second-order valence-corrected chi connectivity index (χ2v) is 12.7. The Morgan fingerprint density at radius 3 is 1.48 bits per heavy atom. The number of hydrogen-bond acceptors (Lipinski definition) is 15. The first-order valence-corrected chi connectivity index (χ1v) is 19.9. The van der Waals surface area contributed by atoms with E-state index in [0.29, 0.717) is 130 Å². The highest BCUT2D eigenvalue weighted by molar-refractivity contribution is 7.85. The molecule has 19 nitrogen and oxygen atoms in total. The molecule has 0 aliphatic rings. The van der Waals surface area contributed by atoms with Gasteiger partial charge in [0.05, 0.1) is 131 Å². The van der Waals surface area contributed by atoms with E-state index in [1.165, 1.54) is 6.07 Å². The number of hydrogen-bond donors (Lipinski definition) is 2. The number of carbonyl (C=O) groups excluding carboxylic acids is 1. The maximum absolute atomic E-state index is 13.0. The number of carbonyl (C=O) groups is 1. The number of ether oxygens (including phenoxy) is 11. The van der Waals surface area contributed by atoms with Crippen molar-refractivity contribution in [3.63, 3.8) is 0 Å². The van der Waals surface area contributed by atoms with E-state index in [9.17, 15) is 13.2 Å². The lowest BCUT2D eigenvalue weighted by molar-refractivity contribution is -0.0228. The zero-order chi connectivity index (χ0) is 39.4. The van der Waals surface area contributed by atoms with Gasteiger partial charge in [-0.3, -0.25) is 9.35 Å². The van der Waals surface area contributed by atoms with E-state index >= 15 is 0 Å². The van der Waals surface area contributed by atoms with Crippen LogP contribution in [0.15, 0.2) is 17.2 Å². The predicted molar refractivity (Wildman–Crippen MR) is 197 cm³/mol. The molecule has 0 aromatic heterocycles. The molecule has 0 bridgehead atoms. The van der Waals surface area contributed by atoms with Crippen molar-refractivity contribution < 1.29 is 69.9 Å². The molecule has 312 valence electrons. The van der Waals surface area contributed by atoms with Gasteiger partial charge in [-0.1, -0.05) is 19.0 Å². The average Bonchev–Trinajstić information content (AvgIpc) is 3.15. The van der Waals surface area contributed by atoms with Gasteiger partial charge in [0.25, 0.3) is 16.0 Å². The first-order chi connectivity index (χ1) is 26.3. The molecule has 0 saturated carbocycles. The van der Waals surface area contributed by atoms with Crippen LogP contribution in [0.2, 0.25) is 0 Å². The molecule has 0 unspecified atom stereocenters. The van der Waals surface area contributed by atoms with Gasteiger partial charge < -0.3 is 57.4 Å². The topological polar surface area (TPSA) is 234 Å². The molecule has 0 heterocycles. The molecule has 0 aliphatic carbocycles. The molecule has 0 saturated heterocycles. The van der Waals surface area contributed by atoms with Crippen LogP contribution in [0.25, 0.3) is 10.4 Å². The number of benzene rings is 1. The summed E-state index contributed by atoms with van der Waals surface area (Å²) in [6.45, 7) is 11.9. The highest BCUT2D eigenvalue weighted by atomic mass is 32.2. The van der Waals surface area contributed by atoms with Gasteiger partial charge in [0.15, 0.2) is 11.5 Å². The van der Waals surface area contributed by atoms with Crippen LogP contribution in [0.1, 0.15) is 43.5 Å². The summed E-state index contributed by atoms with van der Waals surface area (Å²) in [6, 6.07) is 3.10. The normalized spacial score (nSPS) is 11.3. The lowest BCUT2D eigenvalue weighted by atomic mass is 10.1. The minimum atomic E-state index is -4.12. The molecule has 0 aliphatic heterocycles. The summed E-state index contributed by atoms with van der Waals surface area (Å²) < 4.78 is 92.1. The summed E-state index contributed by atoms with van der Waals surface area (Å²) in [7, 11) is -4.12. The SMILES string of the molecule is CCCOc1cc(C(=O)NCCOCCOCCOCCOCCOCCOCCOCCOCCN=[N+]=[N-])cc(OCCCS(=O)(=O)O)c1OCCC. The molecule has 0 fully saturated rings. The fraction of sp³-hybridized carbons (Fsp3) is 0.794. The van der Waals surface area contributed by atoms with Crippen LogP contribution in [0, 0.1) is 0 Å². The first-order valence-electron chi connectivity index (χ1n) is 18.2. The average molecular weight is 797 g/mol. The molecule has 1 aromatic rings. The van der Waals surface area contributed by atoms with Crippen LogP contribution in [0.5, 0.6) is 17.2 Å². The Hall–Kier alpha value is -3.01. The van der Waals surface area contributed by atoms with Crippen LogP contribution >= 0.6 is 0 Å². The van der Waals surface area contributed by atoms with E-state index in [1.54, 1.807) is 6.07 Å². The lowest BCUT2D eigenvalue weighted by Gasteiger charge is -2.18. The van der Waals surface area contributed by atoms with Crippen molar-refractivity contribution in [1.29, 1.82) is 0 Å². The van der Waals surface area contributed by atoms with Crippen molar-refractivity contribution in [2.24, 2.45) is 5.11 Å². The Balaban J connectivity index is 2.09. The smallest absolute Gasteiger partial charge is 0.264 e. The monoisotopic (exact) mass is 796 g/mol. The molecule has 0 radical (unpaired) electrons. The Kier molecular flexibility index (Phi) is 31.3. The maximum atomic E-state index is 13.0. The van der Waals surface area contributed by atoms with Gasteiger partial charge in [-0.15, -0.1) is 0 Å². The van der Waals surface area contributed by atoms with E-state index in [2.05, 4.69) is 15.3 Å². The Bertz CT molecular complexity index is 1240. The number of azide groups is 1. The van der Waals surface area contributed by atoms with Crippen molar-refractivity contribution in [3.05, 3.63) is 28.1 Å². The lowest BCUT2D eigenvalue weighted by Crippen LogP contribution is -2.28. The number of nitrogens with zero attached hydrogens (tertiary/aromatic N) is 3. The predicted octanol–water partition coefficient (Wildman–Crippen LogP) is 3.09. The van der Waals surface area contributed by atoms with E-state index in [0.717, 1.165) is 12.8 Å².